The lowest BCUT2D eigenvalue weighted by molar-refractivity contribution is 0.607. The molecule has 0 amide bonds. The van der Waals surface area contributed by atoms with Crippen LogP contribution in [0, 0.1) is 16.3 Å². The van der Waals surface area contributed by atoms with E-state index in [1.807, 2.05) is 13.1 Å². The van der Waals surface area contributed by atoms with Gasteiger partial charge in [0.15, 0.2) is 0 Å². The molecule has 3 nitrogen and oxygen atoms in total. The maximum Gasteiger partial charge on any atom is 0.207 e. The first kappa shape index (κ1) is 13.3. The third-order valence-corrected chi connectivity index (χ3v) is 3.48. The Hall–Kier alpha value is -1.11. The van der Waals surface area contributed by atoms with Crippen LogP contribution >= 0.6 is 22.6 Å². The van der Waals surface area contributed by atoms with Crippen LogP contribution in [0.3, 0.4) is 0 Å². The molecule has 1 heterocycles. The van der Waals surface area contributed by atoms with E-state index in [0.29, 0.717) is 6.04 Å². The Morgan fingerprint density at radius 1 is 1.39 bits per heavy atom. The Bertz CT molecular complexity index is 563. The summed E-state index contributed by atoms with van der Waals surface area (Å²) in [5.41, 5.74) is 1.83. The number of hydrogen-bond donors (Lipinski definition) is 1. The van der Waals surface area contributed by atoms with E-state index in [4.69, 9.17) is 0 Å². The second-order valence-electron chi connectivity index (χ2n) is 4.46. The second-order valence-corrected chi connectivity index (χ2v) is 5.62. The van der Waals surface area contributed by atoms with Crippen LogP contribution in [0.15, 0.2) is 24.4 Å². The van der Waals surface area contributed by atoms with Crippen molar-refractivity contribution >= 4 is 34.2 Å². The van der Waals surface area contributed by atoms with Crippen LogP contribution in [-0.2, 0) is 0 Å². The van der Waals surface area contributed by atoms with Gasteiger partial charge in [0.2, 0.25) is 5.95 Å². The molecule has 0 saturated carbocycles. The Balaban J connectivity index is 2.33. The number of aryl methyl sites for hydroxylation is 1. The number of halogens is 2. The topological polar surface area (TPSA) is 29.9 Å². The highest BCUT2D eigenvalue weighted by Crippen LogP contribution is 2.24. The standard InChI is InChI=1S/C13H15FIN3/c1-8(2)18-7-9(3)16-13(18)17-12-5-4-10(14)6-11(12)15/h4-8H,1-3H3,(H,16,17). The van der Waals surface area contributed by atoms with Crippen molar-refractivity contribution in [2.75, 3.05) is 5.32 Å². The predicted molar refractivity (Wildman–Crippen MR) is 79.7 cm³/mol. The van der Waals surface area contributed by atoms with Gasteiger partial charge in [-0.1, -0.05) is 0 Å². The van der Waals surface area contributed by atoms with Crippen LogP contribution in [0.2, 0.25) is 0 Å². The maximum atomic E-state index is 13.0. The summed E-state index contributed by atoms with van der Waals surface area (Å²) in [6.45, 7) is 6.16. The molecule has 0 saturated heterocycles. The molecular weight excluding hydrogens is 344 g/mol. The van der Waals surface area contributed by atoms with Crippen LogP contribution in [-0.4, -0.2) is 9.55 Å². The minimum absolute atomic E-state index is 0.228. The number of nitrogens with zero attached hydrogens (tertiary/aromatic N) is 2. The third kappa shape index (κ3) is 2.82. The fourth-order valence-corrected chi connectivity index (χ4v) is 2.33. The van der Waals surface area contributed by atoms with Gasteiger partial charge in [-0.05, 0) is 61.6 Å². The zero-order chi connectivity index (χ0) is 13.3. The van der Waals surface area contributed by atoms with Crippen molar-refractivity contribution in [3.05, 3.63) is 39.5 Å². The monoisotopic (exact) mass is 359 g/mol. The van der Waals surface area contributed by atoms with Crippen molar-refractivity contribution in [3.8, 4) is 0 Å². The van der Waals surface area contributed by atoms with Crippen LogP contribution in [0.1, 0.15) is 25.6 Å². The number of imidazole rings is 1. The van der Waals surface area contributed by atoms with E-state index in [-0.39, 0.29) is 5.82 Å². The molecule has 0 aliphatic carbocycles. The molecule has 0 aliphatic heterocycles. The van der Waals surface area contributed by atoms with E-state index in [0.717, 1.165) is 20.9 Å². The Morgan fingerprint density at radius 3 is 2.72 bits per heavy atom. The molecule has 0 bridgehead atoms. The summed E-state index contributed by atoms with van der Waals surface area (Å²) in [4.78, 5) is 4.45. The van der Waals surface area contributed by atoms with E-state index in [1.165, 1.54) is 12.1 Å². The molecule has 1 aromatic heterocycles. The molecule has 2 aromatic rings. The van der Waals surface area contributed by atoms with Crippen LogP contribution in [0.5, 0.6) is 0 Å². The van der Waals surface area contributed by atoms with Gasteiger partial charge in [0.1, 0.15) is 5.82 Å². The third-order valence-electron chi connectivity index (χ3n) is 2.59. The molecule has 1 N–H and O–H groups in total. The minimum Gasteiger partial charge on any atom is -0.325 e. The fourth-order valence-electron chi connectivity index (χ4n) is 1.71. The van der Waals surface area contributed by atoms with Gasteiger partial charge in [-0.2, -0.15) is 0 Å². The predicted octanol–water partition coefficient (Wildman–Crippen LogP) is 4.26. The SMILES string of the molecule is Cc1cn(C(C)C)c(Nc2ccc(F)cc2I)n1. The van der Waals surface area contributed by atoms with Crippen molar-refractivity contribution in [2.24, 2.45) is 0 Å². The zero-order valence-corrected chi connectivity index (χ0v) is 12.7. The molecule has 5 heteroatoms. The molecule has 96 valence electrons. The quantitative estimate of drug-likeness (QED) is 0.830. The second kappa shape index (κ2) is 5.26. The summed E-state index contributed by atoms with van der Waals surface area (Å²) in [6.07, 6.45) is 2.00. The molecule has 0 spiro atoms. The molecule has 18 heavy (non-hydrogen) atoms. The normalized spacial score (nSPS) is 11.0. The van der Waals surface area contributed by atoms with Crippen LogP contribution < -0.4 is 5.32 Å². The molecule has 0 atom stereocenters. The van der Waals surface area contributed by atoms with Gasteiger partial charge < -0.3 is 9.88 Å². The summed E-state index contributed by atoms with van der Waals surface area (Å²) in [5, 5.41) is 3.25. The highest BCUT2D eigenvalue weighted by molar-refractivity contribution is 14.1. The van der Waals surface area contributed by atoms with Crippen LogP contribution in [0.4, 0.5) is 16.0 Å². The molecular formula is C13H15FIN3. The average molecular weight is 359 g/mol. The Labute approximate surface area is 120 Å². The van der Waals surface area contributed by atoms with Gasteiger partial charge in [0.25, 0.3) is 0 Å². The number of aromatic nitrogens is 2. The lowest BCUT2D eigenvalue weighted by atomic mass is 10.3. The smallest absolute Gasteiger partial charge is 0.207 e. The summed E-state index contributed by atoms with van der Waals surface area (Å²) in [5.74, 6) is 0.556. The van der Waals surface area contributed by atoms with Crippen molar-refractivity contribution in [1.29, 1.82) is 0 Å². The lowest BCUT2D eigenvalue weighted by Gasteiger charge is -2.13. The number of nitrogens with one attached hydrogen (secondary N) is 1. The maximum absolute atomic E-state index is 13.0. The number of benzene rings is 1. The first-order valence-electron chi connectivity index (χ1n) is 5.75. The van der Waals surface area contributed by atoms with Crippen molar-refractivity contribution in [1.82, 2.24) is 9.55 Å². The van der Waals surface area contributed by atoms with Gasteiger partial charge in [-0.3, -0.25) is 0 Å². The Kier molecular flexibility index (Phi) is 3.89. The molecule has 0 radical (unpaired) electrons. The van der Waals surface area contributed by atoms with E-state index in [2.05, 4.69) is 51.3 Å². The van der Waals surface area contributed by atoms with Crippen molar-refractivity contribution in [3.63, 3.8) is 0 Å². The fraction of sp³-hybridized carbons (Fsp3) is 0.308. The van der Waals surface area contributed by atoms with Crippen molar-refractivity contribution < 1.29 is 4.39 Å². The van der Waals surface area contributed by atoms with E-state index in [9.17, 15) is 4.39 Å². The Morgan fingerprint density at radius 2 is 2.11 bits per heavy atom. The van der Waals surface area contributed by atoms with Gasteiger partial charge in [-0.15, -0.1) is 0 Å². The minimum atomic E-state index is -0.228. The highest BCUT2D eigenvalue weighted by Gasteiger charge is 2.10. The summed E-state index contributed by atoms with van der Waals surface area (Å²) >= 11 is 2.11. The zero-order valence-electron chi connectivity index (χ0n) is 10.5. The van der Waals surface area contributed by atoms with Gasteiger partial charge in [-0.25, -0.2) is 9.37 Å². The summed E-state index contributed by atoms with van der Waals surface area (Å²) < 4.78 is 15.9. The van der Waals surface area contributed by atoms with E-state index < -0.39 is 0 Å². The van der Waals surface area contributed by atoms with Crippen LogP contribution in [0.25, 0.3) is 0 Å². The van der Waals surface area contributed by atoms with Crippen molar-refractivity contribution in [2.45, 2.75) is 26.8 Å². The first-order valence-corrected chi connectivity index (χ1v) is 6.83. The number of anilines is 2. The van der Waals surface area contributed by atoms with Gasteiger partial charge in [0.05, 0.1) is 11.4 Å². The number of hydrogen-bond acceptors (Lipinski definition) is 2. The van der Waals surface area contributed by atoms with Gasteiger partial charge >= 0.3 is 0 Å². The van der Waals surface area contributed by atoms with E-state index in [1.54, 1.807) is 6.07 Å². The highest BCUT2D eigenvalue weighted by atomic mass is 127. The average Bonchev–Trinajstić information content (AvgIpc) is 2.64. The first-order chi connectivity index (χ1) is 8.47. The molecule has 0 aliphatic rings. The van der Waals surface area contributed by atoms with Gasteiger partial charge in [0, 0.05) is 15.8 Å². The summed E-state index contributed by atoms with van der Waals surface area (Å²) in [7, 11) is 0. The summed E-state index contributed by atoms with van der Waals surface area (Å²) in [6, 6.07) is 5.00. The molecule has 1 aromatic carbocycles. The largest absolute Gasteiger partial charge is 0.325 e. The molecule has 0 unspecified atom stereocenters. The van der Waals surface area contributed by atoms with E-state index >= 15 is 0 Å². The lowest BCUT2D eigenvalue weighted by Crippen LogP contribution is -2.06. The molecule has 2 rings (SSSR count). The number of rotatable bonds is 3. The molecule has 0 fully saturated rings.